The summed E-state index contributed by atoms with van der Waals surface area (Å²) in [5.74, 6) is -1.65. The Balaban J connectivity index is 1.50. The van der Waals surface area contributed by atoms with Gasteiger partial charge in [0.2, 0.25) is 21.6 Å². The molecule has 2 aromatic heterocycles. The summed E-state index contributed by atoms with van der Waals surface area (Å²) in [6.07, 6.45) is 2.44. The molecule has 1 aliphatic carbocycles. The third-order valence-corrected chi connectivity index (χ3v) is 7.53. The number of methoxy groups -OCH3 is 1. The van der Waals surface area contributed by atoms with E-state index in [9.17, 15) is 18.0 Å². The van der Waals surface area contributed by atoms with Crippen LogP contribution in [0.15, 0.2) is 33.9 Å². The molecule has 0 unspecified atom stereocenters. The number of carbonyl (C=O) groups is 2. The zero-order valence-electron chi connectivity index (χ0n) is 17.9. The lowest BCUT2D eigenvalue weighted by Crippen LogP contribution is -2.24. The molecule has 0 radical (unpaired) electrons. The third-order valence-electron chi connectivity index (χ3n) is 4.98. The lowest BCUT2D eigenvalue weighted by Gasteiger charge is -2.07. The van der Waals surface area contributed by atoms with E-state index in [1.165, 1.54) is 18.4 Å². The minimum Gasteiger partial charge on any atom is -0.497 e. The average molecular weight is 492 g/mol. The molecule has 0 atom stereocenters. The quantitative estimate of drug-likeness (QED) is 0.471. The summed E-state index contributed by atoms with van der Waals surface area (Å²) in [6, 6.07) is 6.62. The monoisotopic (exact) mass is 491 g/mol. The van der Waals surface area contributed by atoms with E-state index >= 15 is 0 Å². The first kappa shape index (κ1) is 22.9. The summed E-state index contributed by atoms with van der Waals surface area (Å²) in [7, 11) is -2.68. The van der Waals surface area contributed by atoms with E-state index < -0.39 is 32.7 Å². The number of aryl methyl sites for hydroxylation is 1. The SMILES string of the molecule is CCOC(=O)c1c(NC(=O)CS(=O)(=O)c2nnc(-c3ccc(OC)cc3)o2)sc2c1CCC2. The van der Waals surface area contributed by atoms with E-state index in [1.807, 2.05) is 0 Å². The van der Waals surface area contributed by atoms with Crippen molar-refractivity contribution < 1.29 is 31.9 Å². The number of nitrogens with one attached hydrogen (secondary N) is 1. The summed E-state index contributed by atoms with van der Waals surface area (Å²) in [4.78, 5) is 26.0. The molecule has 174 valence electrons. The van der Waals surface area contributed by atoms with Crippen molar-refractivity contribution in [3.05, 3.63) is 40.3 Å². The van der Waals surface area contributed by atoms with Gasteiger partial charge in [-0.1, -0.05) is 5.10 Å². The number of thiophene rings is 1. The van der Waals surface area contributed by atoms with Gasteiger partial charge in [-0.3, -0.25) is 4.79 Å². The van der Waals surface area contributed by atoms with Gasteiger partial charge in [0.25, 0.3) is 0 Å². The van der Waals surface area contributed by atoms with Crippen LogP contribution in [0.4, 0.5) is 5.00 Å². The first-order valence-electron chi connectivity index (χ1n) is 10.1. The number of esters is 1. The Morgan fingerprint density at radius 3 is 2.64 bits per heavy atom. The second kappa shape index (κ2) is 9.32. The number of carbonyl (C=O) groups excluding carboxylic acids is 2. The van der Waals surface area contributed by atoms with Crippen molar-refractivity contribution in [3.63, 3.8) is 0 Å². The van der Waals surface area contributed by atoms with Crippen molar-refractivity contribution in [1.82, 2.24) is 10.2 Å². The fraction of sp³-hybridized carbons (Fsp3) is 0.333. The molecular formula is C21H21N3O7S2. The van der Waals surface area contributed by atoms with E-state index in [-0.39, 0.29) is 12.5 Å². The highest BCUT2D eigenvalue weighted by atomic mass is 32.2. The molecule has 4 rings (SSSR count). The van der Waals surface area contributed by atoms with E-state index in [0.717, 1.165) is 23.3 Å². The number of nitrogens with zero attached hydrogens (tertiary/aromatic N) is 2. The molecule has 0 aliphatic heterocycles. The lowest BCUT2D eigenvalue weighted by atomic mass is 10.1. The predicted octanol–water partition coefficient (Wildman–Crippen LogP) is 2.88. The van der Waals surface area contributed by atoms with E-state index in [4.69, 9.17) is 13.9 Å². The number of amides is 1. The fourth-order valence-corrected chi connectivity index (χ4v) is 5.70. The molecular weight excluding hydrogens is 470 g/mol. The molecule has 0 spiro atoms. The molecule has 33 heavy (non-hydrogen) atoms. The molecule has 3 aromatic rings. The van der Waals surface area contributed by atoms with Gasteiger partial charge in [0.15, 0.2) is 0 Å². The Hall–Kier alpha value is -3.25. The van der Waals surface area contributed by atoms with Gasteiger partial charge >= 0.3 is 11.2 Å². The van der Waals surface area contributed by atoms with Crippen LogP contribution >= 0.6 is 11.3 Å². The maximum atomic E-state index is 12.7. The van der Waals surface area contributed by atoms with Crippen LogP contribution < -0.4 is 10.1 Å². The highest BCUT2D eigenvalue weighted by molar-refractivity contribution is 7.91. The van der Waals surface area contributed by atoms with E-state index in [2.05, 4.69) is 15.5 Å². The summed E-state index contributed by atoms with van der Waals surface area (Å²) < 4.78 is 40.8. The predicted molar refractivity (Wildman–Crippen MR) is 119 cm³/mol. The topological polar surface area (TPSA) is 138 Å². The second-order valence-electron chi connectivity index (χ2n) is 7.19. The van der Waals surface area contributed by atoms with Gasteiger partial charge in [-0.2, -0.15) is 0 Å². The molecule has 1 aromatic carbocycles. The Labute approximate surface area is 193 Å². The van der Waals surface area contributed by atoms with E-state index in [0.29, 0.717) is 28.3 Å². The highest BCUT2D eigenvalue weighted by Crippen LogP contribution is 2.39. The number of fused-ring (bicyclic) bond motifs is 1. The van der Waals surface area contributed by atoms with Gasteiger partial charge in [-0.25, -0.2) is 13.2 Å². The number of anilines is 1. The second-order valence-corrected chi connectivity index (χ2v) is 10.2. The molecule has 12 heteroatoms. The van der Waals surface area contributed by atoms with Gasteiger partial charge in [0.05, 0.1) is 19.3 Å². The number of sulfone groups is 1. The van der Waals surface area contributed by atoms with Crippen molar-refractivity contribution >= 4 is 38.1 Å². The molecule has 0 saturated carbocycles. The van der Waals surface area contributed by atoms with Crippen molar-refractivity contribution in [1.29, 1.82) is 0 Å². The number of hydrogen-bond acceptors (Lipinski definition) is 10. The molecule has 1 amide bonds. The van der Waals surface area contributed by atoms with Crippen LogP contribution in [0.2, 0.25) is 0 Å². The van der Waals surface area contributed by atoms with Gasteiger partial charge in [-0.05, 0) is 56.0 Å². The minimum atomic E-state index is -4.21. The Morgan fingerprint density at radius 2 is 1.94 bits per heavy atom. The summed E-state index contributed by atoms with van der Waals surface area (Å²) in [5, 5.41) is 9.54. The zero-order valence-corrected chi connectivity index (χ0v) is 19.5. The first-order chi connectivity index (χ1) is 15.8. The van der Waals surface area contributed by atoms with Crippen molar-refractivity contribution in [2.75, 3.05) is 24.8 Å². The summed E-state index contributed by atoms with van der Waals surface area (Å²) in [5.41, 5.74) is 1.67. The minimum absolute atomic E-state index is 0.00378. The maximum Gasteiger partial charge on any atom is 0.341 e. The van der Waals surface area contributed by atoms with Crippen molar-refractivity contribution in [3.8, 4) is 17.2 Å². The van der Waals surface area contributed by atoms with Crippen LogP contribution in [0.1, 0.15) is 34.1 Å². The smallest absolute Gasteiger partial charge is 0.341 e. The maximum absolute atomic E-state index is 12.7. The van der Waals surface area contributed by atoms with E-state index in [1.54, 1.807) is 31.2 Å². The molecule has 2 heterocycles. The molecule has 1 aliphatic rings. The number of aromatic nitrogens is 2. The number of ether oxygens (including phenoxy) is 2. The molecule has 0 saturated heterocycles. The average Bonchev–Trinajstić information content (AvgIpc) is 3.50. The third kappa shape index (κ3) is 4.76. The van der Waals surface area contributed by atoms with Crippen LogP contribution in [-0.4, -0.2) is 50.0 Å². The van der Waals surface area contributed by atoms with Crippen LogP contribution in [0, 0.1) is 0 Å². The zero-order chi connectivity index (χ0) is 23.6. The molecule has 10 nitrogen and oxygen atoms in total. The van der Waals surface area contributed by atoms with Crippen LogP contribution in [0.25, 0.3) is 11.5 Å². The Bertz CT molecular complexity index is 1290. The summed E-state index contributed by atoms with van der Waals surface area (Å²) >= 11 is 1.27. The Kier molecular flexibility index (Phi) is 6.47. The van der Waals surface area contributed by atoms with Crippen LogP contribution in [-0.2, 0) is 32.2 Å². The van der Waals surface area contributed by atoms with Gasteiger partial charge in [0.1, 0.15) is 16.5 Å². The molecule has 1 N–H and O–H groups in total. The summed E-state index contributed by atoms with van der Waals surface area (Å²) in [6.45, 7) is 1.89. The van der Waals surface area contributed by atoms with Crippen molar-refractivity contribution in [2.24, 2.45) is 0 Å². The lowest BCUT2D eigenvalue weighted by molar-refractivity contribution is -0.113. The van der Waals surface area contributed by atoms with Gasteiger partial charge in [-0.15, -0.1) is 16.4 Å². The standard InChI is InChI=1S/C21H21N3O7S2/c1-3-30-20(26)17-14-5-4-6-15(14)32-19(17)22-16(25)11-33(27,28)21-24-23-18(31-21)12-7-9-13(29-2)10-8-12/h7-10H,3-6,11H2,1-2H3,(H,22,25). The van der Waals surface area contributed by atoms with Crippen LogP contribution in [0.5, 0.6) is 5.75 Å². The Morgan fingerprint density at radius 1 is 1.18 bits per heavy atom. The first-order valence-corrected chi connectivity index (χ1v) is 12.6. The van der Waals surface area contributed by atoms with Crippen molar-refractivity contribution in [2.45, 2.75) is 31.4 Å². The number of rotatable bonds is 8. The molecule has 0 fully saturated rings. The normalized spacial score (nSPS) is 12.9. The fourth-order valence-electron chi connectivity index (χ4n) is 3.49. The largest absolute Gasteiger partial charge is 0.497 e. The number of hydrogen-bond donors (Lipinski definition) is 1. The molecule has 0 bridgehead atoms. The number of benzene rings is 1. The van der Waals surface area contributed by atoms with Gasteiger partial charge in [0, 0.05) is 10.4 Å². The van der Waals surface area contributed by atoms with Gasteiger partial charge < -0.3 is 19.2 Å². The highest BCUT2D eigenvalue weighted by Gasteiger charge is 2.31. The van der Waals surface area contributed by atoms with Crippen LogP contribution in [0.3, 0.4) is 0 Å².